The van der Waals surface area contributed by atoms with Gasteiger partial charge in [0.2, 0.25) is 0 Å². The van der Waals surface area contributed by atoms with E-state index in [4.69, 9.17) is 9.15 Å². The summed E-state index contributed by atoms with van der Waals surface area (Å²) in [5.74, 6) is 1.03. The summed E-state index contributed by atoms with van der Waals surface area (Å²) < 4.78 is 11.0. The summed E-state index contributed by atoms with van der Waals surface area (Å²) in [6, 6.07) is 12.2. The van der Waals surface area contributed by atoms with E-state index in [-0.39, 0.29) is 11.9 Å². The van der Waals surface area contributed by atoms with Crippen LogP contribution in [-0.2, 0) is 11.2 Å². The first-order chi connectivity index (χ1) is 12.1. The van der Waals surface area contributed by atoms with Crippen LogP contribution in [0.4, 0.5) is 0 Å². The number of morpholine rings is 1. The molecule has 0 radical (unpaired) electrons. The molecule has 1 atom stereocenters. The van der Waals surface area contributed by atoms with Crippen LogP contribution in [0.15, 0.2) is 40.8 Å². The molecule has 1 aliphatic heterocycles. The second-order valence-electron chi connectivity index (χ2n) is 6.64. The van der Waals surface area contributed by atoms with Crippen molar-refractivity contribution in [2.45, 2.75) is 26.3 Å². The van der Waals surface area contributed by atoms with Gasteiger partial charge in [-0.15, -0.1) is 0 Å². The van der Waals surface area contributed by atoms with Gasteiger partial charge in [0.05, 0.1) is 13.2 Å². The molecule has 1 amide bonds. The van der Waals surface area contributed by atoms with E-state index in [1.165, 1.54) is 5.56 Å². The van der Waals surface area contributed by atoms with Crippen molar-refractivity contribution in [1.29, 1.82) is 0 Å². The number of benzene rings is 1. The lowest BCUT2D eigenvalue weighted by atomic mass is 10.0. The standard InChI is InChI=1S/C20H26N2O3/c1-15-12-16(2)25-19(15)20(23)21-18(13-17-6-4-3-5-7-17)14-22-8-10-24-11-9-22/h3-7,12,18H,8-11,13-14H2,1-2H3,(H,21,23)/t18-/m1/s1. The smallest absolute Gasteiger partial charge is 0.287 e. The number of nitrogens with one attached hydrogen (secondary N) is 1. The topological polar surface area (TPSA) is 54.7 Å². The average molecular weight is 342 g/mol. The molecule has 0 saturated carbocycles. The van der Waals surface area contributed by atoms with Crippen molar-refractivity contribution in [2.24, 2.45) is 0 Å². The lowest BCUT2D eigenvalue weighted by Gasteiger charge is -2.30. The number of hydrogen-bond acceptors (Lipinski definition) is 4. The van der Waals surface area contributed by atoms with E-state index in [1.54, 1.807) is 0 Å². The number of aryl methyl sites for hydroxylation is 2. The molecule has 1 aromatic carbocycles. The Labute approximate surface area is 149 Å². The quantitative estimate of drug-likeness (QED) is 0.877. The van der Waals surface area contributed by atoms with E-state index in [0.717, 1.165) is 50.6 Å². The van der Waals surface area contributed by atoms with Gasteiger partial charge in [0.1, 0.15) is 5.76 Å². The number of nitrogens with zero attached hydrogens (tertiary/aromatic N) is 1. The summed E-state index contributed by atoms with van der Waals surface area (Å²) in [5.41, 5.74) is 2.09. The van der Waals surface area contributed by atoms with E-state index in [2.05, 4.69) is 22.3 Å². The highest BCUT2D eigenvalue weighted by Crippen LogP contribution is 2.14. The van der Waals surface area contributed by atoms with Crippen LogP contribution in [0.2, 0.25) is 0 Å². The Morgan fingerprint density at radius 2 is 1.92 bits per heavy atom. The van der Waals surface area contributed by atoms with Crippen LogP contribution < -0.4 is 5.32 Å². The number of carbonyl (C=O) groups excluding carboxylic acids is 1. The SMILES string of the molecule is Cc1cc(C)c(C(=O)N[C@H](Cc2ccccc2)CN2CCOCC2)o1. The third kappa shape index (κ3) is 4.94. The maximum absolute atomic E-state index is 12.7. The molecule has 1 N–H and O–H groups in total. The molecule has 1 aromatic heterocycles. The first-order valence-corrected chi connectivity index (χ1v) is 8.84. The normalized spacial score (nSPS) is 16.6. The van der Waals surface area contributed by atoms with Crippen LogP contribution in [0.25, 0.3) is 0 Å². The molecule has 134 valence electrons. The summed E-state index contributed by atoms with van der Waals surface area (Å²) in [7, 11) is 0. The Morgan fingerprint density at radius 1 is 1.20 bits per heavy atom. The van der Waals surface area contributed by atoms with Crippen molar-refractivity contribution in [2.75, 3.05) is 32.8 Å². The third-order valence-corrected chi connectivity index (χ3v) is 4.49. The Hall–Kier alpha value is -2.11. The molecule has 2 aromatic rings. The van der Waals surface area contributed by atoms with Crippen molar-refractivity contribution in [3.8, 4) is 0 Å². The van der Waals surface area contributed by atoms with E-state index in [1.807, 2.05) is 38.1 Å². The summed E-state index contributed by atoms with van der Waals surface area (Å²) in [4.78, 5) is 15.0. The zero-order chi connectivity index (χ0) is 17.6. The van der Waals surface area contributed by atoms with Gasteiger partial charge in [-0.2, -0.15) is 0 Å². The first kappa shape index (κ1) is 17.7. The van der Waals surface area contributed by atoms with E-state index < -0.39 is 0 Å². The Morgan fingerprint density at radius 3 is 2.56 bits per heavy atom. The van der Waals surface area contributed by atoms with Gasteiger partial charge < -0.3 is 14.5 Å². The Balaban J connectivity index is 1.70. The van der Waals surface area contributed by atoms with Crippen LogP contribution in [0.5, 0.6) is 0 Å². The fraction of sp³-hybridized carbons (Fsp3) is 0.450. The van der Waals surface area contributed by atoms with Gasteiger partial charge in [-0.25, -0.2) is 0 Å². The van der Waals surface area contributed by atoms with Crippen LogP contribution in [0, 0.1) is 13.8 Å². The highest BCUT2D eigenvalue weighted by atomic mass is 16.5. The molecule has 0 aliphatic carbocycles. The van der Waals surface area contributed by atoms with Crippen LogP contribution in [0.3, 0.4) is 0 Å². The largest absolute Gasteiger partial charge is 0.456 e. The highest BCUT2D eigenvalue weighted by molar-refractivity contribution is 5.93. The van der Waals surface area contributed by atoms with Crippen LogP contribution in [-0.4, -0.2) is 49.7 Å². The second-order valence-corrected chi connectivity index (χ2v) is 6.64. The lowest BCUT2D eigenvalue weighted by molar-refractivity contribution is 0.0332. The minimum Gasteiger partial charge on any atom is -0.456 e. The number of carbonyl (C=O) groups is 1. The molecule has 0 bridgehead atoms. The molecule has 25 heavy (non-hydrogen) atoms. The fourth-order valence-electron chi connectivity index (χ4n) is 3.27. The summed E-state index contributed by atoms with van der Waals surface area (Å²) in [5, 5.41) is 3.17. The van der Waals surface area contributed by atoms with Crippen molar-refractivity contribution in [3.05, 3.63) is 59.0 Å². The first-order valence-electron chi connectivity index (χ1n) is 8.84. The van der Waals surface area contributed by atoms with Gasteiger partial charge in [0.15, 0.2) is 5.76 Å². The van der Waals surface area contributed by atoms with Crippen LogP contribution in [0.1, 0.15) is 27.4 Å². The number of hydrogen-bond donors (Lipinski definition) is 1. The monoisotopic (exact) mass is 342 g/mol. The fourth-order valence-corrected chi connectivity index (χ4v) is 3.27. The van der Waals surface area contributed by atoms with Gasteiger partial charge in [-0.1, -0.05) is 30.3 Å². The second kappa shape index (κ2) is 8.32. The Bertz CT molecular complexity index is 690. The molecule has 1 fully saturated rings. The molecular weight excluding hydrogens is 316 g/mol. The number of rotatable bonds is 6. The molecule has 2 heterocycles. The number of amides is 1. The lowest BCUT2D eigenvalue weighted by Crippen LogP contribution is -2.48. The third-order valence-electron chi connectivity index (χ3n) is 4.49. The number of ether oxygens (including phenoxy) is 1. The molecule has 1 aliphatic rings. The molecule has 3 rings (SSSR count). The zero-order valence-corrected chi connectivity index (χ0v) is 15.0. The van der Waals surface area contributed by atoms with Gasteiger partial charge in [-0.3, -0.25) is 9.69 Å². The molecule has 1 saturated heterocycles. The molecular formula is C20H26N2O3. The summed E-state index contributed by atoms with van der Waals surface area (Å²) in [6.45, 7) is 7.88. The summed E-state index contributed by atoms with van der Waals surface area (Å²) >= 11 is 0. The van der Waals surface area contributed by atoms with Gasteiger partial charge in [0, 0.05) is 31.2 Å². The molecule has 0 spiro atoms. The van der Waals surface area contributed by atoms with Crippen molar-refractivity contribution >= 4 is 5.91 Å². The zero-order valence-electron chi connectivity index (χ0n) is 15.0. The maximum Gasteiger partial charge on any atom is 0.287 e. The van der Waals surface area contributed by atoms with Crippen molar-refractivity contribution < 1.29 is 13.9 Å². The minimum absolute atomic E-state index is 0.0257. The van der Waals surface area contributed by atoms with Crippen molar-refractivity contribution in [1.82, 2.24) is 10.2 Å². The molecule has 0 unspecified atom stereocenters. The van der Waals surface area contributed by atoms with E-state index >= 15 is 0 Å². The molecule has 5 heteroatoms. The highest BCUT2D eigenvalue weighted by Gasteiger charge is 2.22. The molecule has 5 nitrogen and oxygen atoms in total. The van der Waals surface area contributed by atoms with E-state index in [0.29, 0.717) is 5.76 Å². The Kier molecular flexibility index (Phi) is 5.89. The number of furan rings is 1. The van der Waals surface area contributed by atoms with Gasteiger partial charge in [0.25, 0.3) is 5.91 Å². The average Bonchev–Trinajstić information content (AvgIpc) is 2.95. The maximum atomic E-state index is 12.7. The van der Waals surface area contributed by atoms with Gasteiger partial charge >= 0.3 is 0 Å². The minimum atomic E-state index is -0.139. The predicted octanol–water partition coefficient (Wildman–Crippen LogP) is 2.57. The van der Waals surface area contributed by atoms with Gasteiger partial charge in [-0.05, 0) is 31.9 Å². The van der Waals surface area contributed by atoms with Crippen molar-refractivity contribution in [3.63, 3.8) is 0 Å². The van der Waals surface area contributed by atoms with E-state index in [9.17, 15) is 4.79 Å². The summed E-state index contributed by atoms with van der Waals surface area (Å²) in [6.07, 6.45) is 0.794. The predicted molar refractivity (Wildman–Crippen MR) is 96.8 cm³/mol. The van der Waals surface area contributed by atoms with Crippen LogP contribution >= 0.6 is 0 Å².